The third-order valence-corrected chi connectivity index (χ3v) is 4.27. The number of rotatable bonds is 7. The van der Waals surface area contributed by atoms with Gasteiger partial charge in [-0.15, -0.1) is 11.8 Å². The first-order chi connectivity index (χ1) is 11.4. The van der Waals surface area contributed by atoms with Crippen molar-refractivity contribution < 1.29 is 22.3 Å². The molecule has 1 aromatic carbocycles. The maximum Gasteiger partial charge on any atom is 0.253 e. The number of ether oxygens (including phenoxy) is 1. The maximum atomic E-state index is 13.6. The van der Waals surface area contributed by atoms with E-state index in [1.54, 1.807) is 37.9 Å². The Morgan fingerprint density at radius 2 is 1.67 bits per heavy atom. The molecule has 0 bridgehead atoms. The summed E-state index contributed by atoms with van der Waals surface area (Å²) in [6, 6.07) is 6.70. The van der Waals surface area contributed by atoms with Crippen LogP contribution in [0.25, 0.3) is 0 Å². The van der Waals surface area contributed by atoms with E-state index < -0.39 is 35.3 Å². The van der Waals surface area contributed by atoms with Gasteiger partial charge < -0.3 is 10.1 Å². The van der Waals surface area contributed by atoms with Crippen LogP contribution >= 0.6 is 11.8 Å². The van der Waals surface area contributed by atoms with Crippen LogP contribution < -0.4 is 5.32 Å². The van der Waals surface area contributed by atoms with E-state index in [9.17, 15) is 17.6 Å². The number of hydrogen-bond donors (Lipinski definition) is 1. The molecule has 1 N–H and O–H groups in total. The van der Waals surface area contributed by atoms with Crippen LogP contribution in [-0.4, -0.2) is 24.5 Å². The van der Waals surface area contributed by atoms with Crippen LogP contribution in [0, 0.1) is 23.5 Å². The van der Waals surface area contributed by atoms with Crippen molar-refractivity contribution in [2.24, 2.45) is 0 Å². The number of nitrogens with one attached hydrogen (secondary N) is 1. The van der Waals surface area contributed by atoms with Gasteiger partial charge in [0.15, 0.2) is 0 Å². The quantitative estimate of drug-likeness (QED) is 0.340. The smallest absolute Gasteiger partial charge is 0.253 e. The fourth-order valence-electron chi connectivity index (χ4n) is 2.01. The Balaban J connectivity index is 2.11. The average Bonchev–Trinajstić information content (AvgIpc) is 2.57. The Morgan fingerprint density at radius 1 is 1.08 bits per heavy atom. The van der Waals surface area contributed by atoms with Crippen molar-refractivity contribution in [3.05, 3.63) is 53.4 Å². The first-order valence-electron chi connectivity index (χ1n) is 7.12. The van der Waals surface area contributed by atoms with Crippen molar-refractivity contribution in [2.45, 2.75) is 17.9 Å². The number of hydrogen-bond acceptors (Lipinski definition) is 4. The largest absolute Gasteiger partial charge is 0.384 e. The molecule has 0 amide bonds. The van der Waals surface area contributed by atoms with Gasteiger partial charge >= 0.3 is 0 Å². The third kappa shape index (κ3) is 4.39. The van der Waals surface area contributed by atoms with Crippen LogP contribution in [0.4, 0.5) is 23.2 Å². The lowest BCUT2D eigenvalue weighted by Crippen LogP contribution is -2.13. The minimum absolute atomic E-state index is 0.562. The summed E-state index contributed by atoms with van der Waals surface area (Å²) in [4.78, 5) is 3.54. The van der Waals surface area contributed by atoms with Crippen molar-refractivity contribution >= 4 is 17.4 Å². The summed E-state index contributed by atoms with van der Waals surface area (Å²) in [5.41, 5.74) is -0.159. The molecule has 1 aromatic heterocycles. The molecule has 0 fully saturated rings. The summed E-state index contributed by atoms with van der Waals surface area (Å²) in [5.74, 6) is -5.67. The van der Waals surface area contributed by atoms with Crippen molar-refractivity contribution in [1.29, 1.82) is 0 Å². The normalized spacial score (nSPS) is 12.2. The number of thioether (sulfide) groups is 1. The van der Waals surface area contributed by atoms with Gasteiger partial charge in [-0.05, 0) is 24.6 Å². The Hall–Kier alpha value is -1.80. The molecule has 2 rings (SSSR count). The lowest BCUT2D eigenvalue weighted by atomic mass is 10.1. The highest BCUT2D eigenvalue weighted by Gasteiger charge is 2.22. The van der Waals surface area contributed by atoms with Crippen molar-refractivity contribution in [3.63, 3.8) is 0 Å². The average molecular weight is 360 g/mol. The van der Waals surface area contributed by atoms with Gasteiger partial charge in [-0.1, -0.05) is 12.1 Å². The molecule has 8 heteroatoms. The lowest BCUT2D eigenvalue weighted by Gasteiger charge is -2.17. The van der Waals surface area contributed by atoms with E-state index in [-0.39, 0.29) is 0 Å². The molecule has 0 saturated heterocycles. The summed E-state index contributed by atoms with van der Waals surface area (Å²) < 4.78 is 58.5. The van der Waals surface area contributed by atoms with E-state index in [0.29, 0.717) is 12.2 Å². The molecule has 0 saturated carbocycles. The highest BCUT2D eigenvalue weighted by molar-refractivity contribution is 7.99. The Labute approximate surface area is 141 Å². The minimum atomic E-state index is -1.69. The molecule has 0 spiro atoms. The van der Waals surface area contributed by atoms with Gasteiger partial charge in [0.2, 0.25) is 11.6 Å². The molecule has 0 aliphatic rings. The molecule has 24 heavy (non-hydrogen) atoms. The molecular weight excluding hydrogens is 344 g/mol. The van der Waals surface area contributed by atoms with Gasteiger partial charge in [-0.25, -0.2) is 0 Å². The highest BCUT2D eigenvalue weighted by atomic mass is 32.2. The van der Waals surface area contributed by atoms with E-state index in [2.05, 4.69) is 10.3 Å². The fourth-order valence-corrected chi connectivity index (χ4v) is 2.82. The van der Waals surface area contributed by atoms with Gasteiger partial charge in [0.05, 0.1) is 6.61 Å². The van der Waals surface area contributed by atoms with Crippen LogP contribution in [0.15, 0.2) is 29.2 Å². The molecule has 3 nitrogen and oxygen atoms in total. The highest BCUT2D eigenvalue weighted by Crippen LogP contribution is 2.27. The first kappa shape index (κ1) is 18.5. The van der Waals surface area contributed by atoms with Crippen molar-refractivity contribution in [1.82, 2.24) is 4.98 Å². The van der Waals surface area contributed by atoms with Crippen molar-refractivity contribution in [2.75, 3.05) is 24.8 Å². The van der Waals surface area contributed by atoms with Crippen LogP contribution in [0.5, 0.6) is 0 Å². The van der Waals surface area contributed by atoms with Gasteiger partial charge in [-0.2, -0.15) is 22.5 Å². The van der Waals surface area contributed by atoms with E-state index in [0.717, 1.165) is 10.6 Å². The molecule has 1 heterocycles. The van der Waals surface area contributed by atoms with Gasteiger partial charge in [0.1, 0.15) is 5.69 Å². The molecule has 1 atom stereocenters. The number of benzene rings is 1. The Morgan fingerprint density at radius 3 is 2.21 bits per heavy atom. The lowest BCUT2D eigenvalue weighted by molar-refractivity contribution is 0.218. The van der Waals surface area contributed by atoms with Crippen LogP contribution in [0.1, 0.15) is 18.5 Å². The summed E-state index contributed by atoms with van der Waals surface area (Å²) >= 11 is 1.61. The number of anilines is 1. The zero-order valence-corrected chi connectivity index (χ0v) is 13.9. The molecule has 0 aliphatic heterocycles. The molecule has 130 valence electrons. The molecule has 1 unspecified atom stereocenters. The molecule has 0 aliphatic carbocycles. The summed E-state index contributed by atoms with van der Waals surface area (Å²) in [6.45, 7) is 2.25. The number of nitrogens with zero attached hydrogens (tertiary/aromatic N) is 1. The summed E-state index contributed by atoms with van der Waals surface area (Å²) in [7, 11) is 1.63. The number of aromatic nitrogens is 1. The summed E-state index contributed by atoms with van der Waals surface area (Å²) in [5, 5.41) is 2.45. The number of pyridine rings is 1. The van der Waals surface area contributed by atoms with Crippen LogP contribution in [0.3, 0.4) is 0 Å². The van der Waals surface area contributed by atoms with Gasteiger partial charge in [0.25, 0.3) is 11.9 Å². The topological polar surface area (TPSA) is 34.1 Å². The molecule has 0 radical (unpaired) electrons. The van der Waals surface area contributed by atoms with Gasteiger partial charge in [-0.3, -0.25) is 0 Å². The zero-order valence-electron chi connectivity index (χ0n) is 13.1. The number of methoxy groups -OCH3 is 1. The molecular formula is C16H16F4N2OS. The van der Waals surface area contributed by atoms with E-state index in [1.807, 2.05) is 12.1 Å². The Bertz CT molecular complexity index is 671. The van der Waals surface area contributed by atoms with Crippen molar-refractivity contribution in [3.8, 4) is 0 Å². The molecule has 2 aromatic rings. The second-order valence-corrected chi connectivity index (χ2v) is 6.14. The number of halogens is 4. The fraction of sp³-hybridized carbons (Fsp3) is 0.312. The minimum Gasteiger partial charge on any atom is -0.384 e. The Kier molecular flexibility index (Phi) is 6.44. The zero-order chi connectivity index (χ0) is 17.7. The van der Waals surface area contributed by atoms with Crippen LogP contribution in [-0.2, 0) is 4.74 Å². The third-order valence-electron chi connectivity index (χ3n) is 3.29. The SMILES string of the molecule is COCCSc1ccc(C(C)Nc2c(F)c(F)nc(F)c2F)cc1. The van der Waals surface area contributed by atoms with E-state index in [4.69, 9.17) is 4.74 Å². The monoisotopic (exact) mass is 360 g/mol. The van der Waals surface area contributed by atoms with Crippen LogP contribution in [0.2, 0.25) is 0 Å². The first-order valence-corrected chi connectivity index (χ1v) is 8.10. The van der Waals surface area contributed by atoms with E-state index in [1.165, 1.54) is 0 Å². The second kappa shape index (κ2) is 8.34. The predicted molar refractivity (Wildman–Crippen MR) is 85.1 cm³/mol. The van der Waals surface area contributed by atoms with E-state index >= 15 is 0 Å². The standard InChI is InChI=1S/C16H16F4N2OS/c1-9(10-3-5-11(6-4-10)24-8-7-23-2)21-14-12(17)15(19)22-16(20)13(14)18/h3-6,9H,7-8H2,1-2H3,(H,21,22). The second-order valence-electron chi connectivity index (χ2n) is 4.97. The predicted octanol–water partition coefficient (Wildman–Crippen LogP) is 4.55. The summed E-state index contributed by atoms with van der Waals surface area (Å²) in [6.07, 6.45) is 0. The maximum absolute atomic E-state index is 13.6. The van der Waals surface area contributed by atoms with Gasteiger partial charge in [0, 0.05) is 23.8 Å².